The molecule has 0 spiro atoms. The zero-order valence-corrected chi connectivity index (χ0v) is 16.1. The molecule has 0 radical (unpaired) electrons. The Morgan fingerprint density at radius 1 is 1.26 bits per heavy atom. The Kier molecular flexibility index (Phi) is 4.54. The molecule has 0 aliphatic heterocycles. The summed E-state index contributed by atoms with van der Waals surface area (Å²) in [6.45, 7) is 1.74. The quantitative estimate of drug-likeness (QED) is 0.553. The van der Waals surface area contributed by atoms with Crippen molar-refractivity contribution in [2.75, 3.05) is 5.32 Å². The Labute approximate surface area is 162 Å². The van der Waals surface area contributed by atoms with E-state index in [2.05, 4.69) is 20.4 Å². The fourth-order valence-electron chi connectivity index (χ4n) is 2.54. The summed E-state index contributed by atoms with van der Waals surface area (Å²) in [7, 11) is 1.84. The van der Waals surface area contributed by atoms with Gasteiger partial charge in [-0.1, -0.05) is 0 Å². The second-order valence-electron chi connectivity index (χ2n) is 5.84. The number of halogens is 1. The zero-order valence-electron chi connectivity index (χ0n) is 14.4. The molecule has 4 aromatic heterocycles. The van der Waals surface area contributed by atoms with Crippen LogP contribution in [0, 0.1) is 12.7 Å². The molecule has 0 unspecified atom stereocenters. The van der Waals surface area contributed by atoms with Crippen LogP contribution in [-0.2, 0) is 7.05 Å². The first kappa shape index (κ1) is 17.5. The van der Waals surface area contributed by atoms with Crippen LogP contribution in [0.1, 0.15) is 15.2 Å². The third-order valence-electron chi connectivity index (χ3n) is 3.82. The van der Waals surface area contributed by atoms with Crippen LogP contribution in [0.5, 0.6) is 0 Å². The molecule has 0 saturated carbocycles. The zero-order chi connectivity index (χ0) is 19.0. The predicted molar refractivity (Wildman–Crippen MR) is 105 cm³/mol. The molecule has 0 aliphatic rings. The molecule has 0 bridgehead atoms. The largest absolute Gasteiger partial charge is 0.303 e. The maximum Gasteiger partial charge on any atom is 0.266 e. The maximum atomic E-state index is 13.9. The van der Waals surface area contributed by atoms with Gasteiger partial charge in [-0.05, 0) is 36.8 Å². The average molecular weight is 399 g/mol. The van der Waals surface area contributed by atoms with Crippen molar-refractivity contribution in [3.05, 3.63) is 58.3 Å². The summed E-state index contributed by atoms with van der Waals surface area (Å²) in [5, 5.41) is 9.74. The number of hydrogen-bond donors (Lipinski definition) is 1. The van der Waals surface area contributed by atoms with Gasteiger partial charge in [-0.15, -0.1) is 22.7 Å². The molecule has 9 heteroatoms. The van der Waals surface area contributed by atoms with Gasteiger partial charge in [-0.25, -0.2) is 14.4 Å². The van der Waals surface area contributed by atoms with Gasteiger partial charge in [0.1, 0.15) is 10.7 Å². The monoisotopic (exact) mass is 399 g/mol. The van der Waals surface area contributed by atoms with Crippen LogP contribution in [0.15, 0.2) is 42.0 Å². The Morgan fingerprint density at radius 2 is 2.11 bits per heavy atom. The number of anilines is 1. The minimum absolute atomic E-state index is 0.0767. The average Bonchev–Trinajstić information content (AvgIpc) is 3.36. The van der Waals surface area contributed by atoms with Crippen LogP contribution in [0.2, 0.25) is 0 Å². The molecule has 4 aromatic rings. The first-order chi connectivity index (χ1) is 13.0. The number of pyridine rings is 1. The van der Waals surface area contributed by atoms with E-state index in [1.165, 1.54) is 34.9 Å². The molecule has 4 heterocycles. The first-order valence-corrected chi connectivity index (χ1v) is 9.68. The van der Waals surface area contributed by atoms with Crippen molar-refractivity contribution in [3.63, 3.8) is 0 Å². The van der Waals surface area contributed by atoms with E-state index in [9.17, 15) is 9.18 Å². The summed E-state index contributed by atoms with van der Waals surface area (Å²) >= 11 is 2.82. The highest BCUT2D eigenvalue weighted by atomic mass is 32.1. The van der Waals surface area contributed by atoms with E-state index in [1.54, 1.807) is 23.9 Å². The van der Waals surface area contributed by atoms with Crippen molar-refractivity contribution in [2.45, 2.75) is 6.92 Å². The summed E-state index contributed by atoms with van der Waals surface area (Å²) in [4.78, 5) is 22.0. The molecular formula is C18H14FN5OS2. The second kappa shape index (κ2) is 7.01. The SMILES string of the molecule is Cc1cnc(NC(=O)c2ccc(-c3cc(-c4nccs4)nn3C)s2)c(F)c1. The van der Waals surface area contributed by atoms with Crippen LogP contribution < -0.4 is 5.32 Å². The van der Waals surface area contributed by atoms with Gasteiger partial charge in [0.2, 0.25) is 0 Å². The van der Waals surface area contributed by atoms with Gasteiger partial charge in [0.05, 0.1) is 15.4 Å². The van der Waals surface area contributed by atoms with E-state index < -0.39 is 11.7 Å². The Morgan fingerprint density at radius 3 is 2.85 bits per heavy atom. The number of rotatable bonds is 4. The van der Waals surface area contributed by atoms with Crippen LogP contribution in [0.4, 0.5) is 10.2 Å². The van der Waals surface area contributed by atoms with Gasteiger partial charge in [0, 0.05) is 24.8 Å². The molecule has 0 aliphatic carbocycles. The van der Waals surface area contributed by atoms with E-state index in [0.29, 0.717) is 10.4 Å². The summed E-state index contributed by atoms with van der Waals surface area (Å²) in [6.07, 6.45) is 3.24. The highest BCUT2D eigenvalue weighted by molar-refractivity contribution is 7.17. The van der Waals surface area contributed by atoms with Gasteiger partial charge in [0.15, 0.2) is 11.6 Å². The van der Waals surface area contributed by atoms with E-state index in [1.807, 2.05) is 24.6 Å². The first-order valence-electron chi connectivity index (χ1n) is 7.99. The molecule has 27 heavy (non-hydrogen) atoms. The smallest absolute Gasteiger partial charge is 0.266 e. The van der Waals surface area contributed by atoms with Crippen LogP contribution in [0.3, 0.4) is 0 Å². The molecule has 0 atom stereocenters. The number of thiazole rings is 1. The second-order valence-corrected chi connectivity index (χ2v) is 7.82. The number of carbonyl (C=O) groups excluding carboxylic acids is 1. The van der Waals surface area contributed by atoms with Crippen LogP contribution >= 0.6 is 22.7 Å². The molecule has 4 rings (SSSR count). The topological polar surface area (TPSA) is 72.7 Å². The van der Waals surface area contributed by atoms with Crippen molar-refractivity contribution < 1.29 is 9.18 Å². The standard InChI is InChI=1S/C18H14FN5OS2/c1-10-7-11(19)16(21-9-10)22-17(25)15-4-3-14(27-15)13-8-12(23-24(13)2)18-20-5-6-26-18/h3-9H,1-2H3,(H,21,22,25). The van der Waals surface area contributed by atoms with Crippen molar-refractivity contribution in [3.8, 4) is 21.3 Å². The molecule has 136 valence electrons. The molecule has 0 saturated heterocycles. The number of hydrogen-bond acceptors (Lipinski definition) is 6. The maximum absolute atomic E-state index is 13.9. The fraction of sp³-hybridized carbons (Fsp3) is 0.111. The normalized spacial score (nSPS) is 10.9. The number of aromatic nitrogens is 4. The Bertz CT molecular complexity index is 1120. The lowest BCUT2D eigenvalue weighted by Crippen LogP contribution is -2.12. The number of nitrogens with zero attached hydrogens (tertiary/aromatic N) is 4. The van der Waals surface area contributed by atoms with Crippen molar-refractivity contribution >= 4 is 34.4 Å². The number of nitrogens with one attached hydrogen (secondary N) is 1. The van der Waals surface area contributed by atoms with E-state index >= 15 is 0 Å². The van der Waals surface area contributed by atoms with Gasteiger partial charge < -0.3 is 5.32 Å². The van der Waals surface area contributed by atoms with E-state index in [-0.39, 0.29) is 5.82 Å². The lowest BCUT2D eigenvalue weighted by molar-refractivity contribution is 0.102. The van der Waals surface area contributed by atoms with E-state index in [4.69, 9.17) is 0 Å². The van der Waals surface area contributed by atoms with Crippen molar-refractivity contribution in [1.29, 1.82) is 0 Å². The summed E-state index contributed by atoms with van der Waals surface area (Å²) < 4.78 is 15.7. The molecule has 0 fully saturated rings. The van der Waals surface area contributed by atoms with Crippen LogP contribution in [-0.4, -0.2) is 25.7 Å². The van der Waals surface area contributed by atoms with Gasteiger partial charge >= 0.3 is 0 Å². The lowest BCUT2D eigenvalue weighted by Gasteiger charge is -2.04. The van der Waals surface area contributed by atoms with Crippen molar-refractivity contribution in [2.24, 2.45) is 7.05 Å². The van der Waals surface area contributed by atoms with Gasteiger partial charge in [-0.2, -0.15) is 5.10 Å². The number of amides is 1. The number of carbonyl (C=O) groups is 1. The van der Waals surface area contributed by atoms with Crippen molar-refractivity contribution in [1.82, 2.24) is 19.7 Å². The summed E-state index contributed by atoms with van der Waals surface area (Å²) in [5.74, 6) is -1.03. The van der Waals surface area contributed by atoms with Gasteiger partial charge in [-0.3, -0.25) is 9.48 Å². The summed E-state index contributed by atoms with van der Waals surface area (Å²) in [5.41, 5.74) is 2.35. The number of aryl methyl sites for hydroxylation is 2. The fourth-order valence-corrected chi connectivity index (χ4v) is 4.09. The Hall–Kier alpha value is -2.91. The third kappa shape index (κ3) is 3.51. The summed E-state index contributed by atoms with van der Waals surface area (Å²) in [6, 6.07) is 6.82. The van der Waals surface area contributed by atoms with E-state index in [0.717, 1.165) is 21.3 Å². The molecule has 1 amide bonds. The third-order valence-corrected chi connectivity index (χ3v) is 5.73. The highest BCUT2D eigenvalue weighted by Gasteiger charge is 2.16. The predicted octanol–water partition coefficient (Wildman–Crippen LogP) is 4.37. The highest BCUT2D eigenvalue weighted by Crippen LogP contribution is 2.32. The molecule has 0 aromatic carbocycles. The molecular weight excluding hydrogens is 385 g/mol. The minimum atomic E-state index is -0.556. The molecule has 6 nitrogen and oxygen atoms in total. The number of thiophene rings is 1. The lowest BCUT2D eigenvalue weighted by atomic mass is 10.3. The minimum Gasteiger partial charge on any atom is -0.303 e. The molecule has 1 N–H and O–H groups in total. The van der Waals surface area contributed by atoms with Crippen LogP contribution in [0.25, 0.3) is 21.3 Å². The van der Waals surface area contributed by atoms with Gasteiger partial charge in [0.25, 0.3) is 5.91 Å². The Balaban J connectivity index is 1.57.